The summed E-state index contributed by atoms with van der Waals surface area (Å²) >= 11 is 0. The van der Waals surface area contributed by atoms with Crippen molar-refractivity contribution in [2.75, 3.05) is 17.3 Å². The lowest BCUT2D eigenvalue weighted by atomic mass is 9.97. The Morgan fingerprint density at radius 3 is 2.73 bits per heavy atom. The number of hydrogen-bond donors (Lipinski definition) is 1. The lowest BCUT2D eigenvalue weighted by Gasteiger charge is -2.41. The summed E-state index contributed by atoms with van der Waals surface area (Å²) in [5, 5.41) is 2.82. The van der Waals surface area contributed by atoms with Crippen LogP contribution in [0, 0.1) is 0 Å². The normalized spacial score (nSPS) is 18.3. The fourth-order valence-corrected chi connectivity index (χ4v) is 1.71. The lowest BCUT2D eigenvalue weighted by Crippen LogP contribution is -2.54. The molecule has 0 aromatic heterocycles. The third-order valence-corrected chi connectivity index (χ3v) is 3.01. The van der Waals surface area contributed by atoms with Crippen molar-refractivity contribution in [1.82, 2.24) is 5.73 Å². The number of anilines is 2. The smallest absolute Gasteiger partial charge is 0.249 e. The van der Waals surface area contributed by atoms with Crippen LogP contribution in [-0.4, -0.2) is 18.5 Å². The molecule has 0 spiro atoms. The van der Waals surface area contributed by atoms with Gasteiger partial charge in [0.15, 0.2) is 0 Å². The van der Waals surface area contributed by atoms with E-state index in [4.69, 9.17) is 5.73 Å². The van der Waals surface area contributed by atoms with E-state index in [9.17, 15) is 4.79 Å². The highest BCUT2D eigenvalue weighted by molar-refractivity contribution is 6.07. The number of carbonyl (C=O) groups excluding carboxylic acids is 1. The Bertz CT molecular complexity index is 426. The second kappa shape index (κ2) is 2.89. The quantitative estimate of drug-likeness (QED) is 0.700. The molecule has 0 atom stereocenters. The van der Waals surface area contributed by atoms with Gasteiger partial charge in [-0.3, -0.25) is 10.5 Å². The molecule has 1 aromatic carbocycles. The van der Waals surface area contributed by atoms with Gasteiger partial charge in [-0.1, -0.05) is 6.07 Å². The van der Waals surface area contributed by atoms with Crippen LogP contribution < -0.4 is 16.0 Å². The van der Waals surface area contributed by atoms with E-state index in [0.29, 0.717) is 11.4 Å². The van der Waals surface area contributed by atoms with Gasteiger partial charge in [0.25, 0.3) is 0 Å². The van der Waals surface area contributed by atoms with E-state index in [0.717, 1.165) is 5.69 Å². The summed E-state index contributed by atoms with van der Waals surface area (Å²) in [4.78, 5) is 13.6. The largest absolute Gasteiger partial charge is 0.357 e. The molecule has 0 saturated carbocycles. The molecule has 1 aliphatic rings. The molecule has 15 heavy (non-hydrogen) atoms. The summed E-state index contributed by atoms with van der Waals surface area (Å²) in [5.74, 6) is -0.0388. The number of hydrogen-bond acceptors (Lipinski definition) is 2. The molecule has 0 fully saturated rings. The maximum atomic E-state index is 11.8. The van der Waals surface area contributed by atoms with Gasteiger partial charge >= 0.3 is 0 Å². The lowest BCUT2D eigenvalue weighted by molar-refractivity contribution is -0.120. The fraction of sp³-hybridized carbons (Fsp3) is 0.364. The SMILES string of the molecule is CN1c2c([NH])cccc2NC(=O)C1(C)C. The van der Waals surface area contributed by atoms with Crippen molar-refractivity contribution < 1.29 is 4.79 Å². The second-order valence-electron chi connectivity index (χ2n) is 4.27. The minimum absolute atomic E-state index is 0.0388. The van der Waals surface area contributed by atoms with Gasteiger partial charge in [0.05, 0.1) is 17.1 Å². The van der Waals surface area contributed by atoms with E-state index >= 15 is 0 Å². The first-order valence-electron chi connectivity index (χ1n) is 4.84. The molecule has 1 aliphatic heterocycles. The summed E-state index contributed by atoms with van der Waals surface area (Å²) in [5.41, 5.74) is 9.15. The molecule has 1 amide bonds. The van der Waals surface area contributed by atoms with Crippen LogP contribution in [0.5, 0.6) is 0 Å². The molecule has 4 heteroatoms. The van der Waals surface area contributed by atoms with Crippen molar-refractivity contribution in [3.05, 3.63) is 18.2 Å². The van der Waals surface area contributed by atoms with Crippen LogP contribution in [0.4, 0.5) is 17.1 Å². The Labute approximate surface area is 89.1 Å². The molecule has 0 saturated heterocycles. The predicted molar refractivity (Wildman–Crippen MR) is 60.3 cm³/mol. The fourth-order valence-electron chi connectivity index (χ4n) is 1.71. The number of nitrogens with one attached hydrogen (secondary N) is 2. The molecule has 0 bridgehead atoms. The second-order valence-corrected chi connectivity index (χ2v) is 4.27. The molecular formula is C11H14N3O. The van der Waals surface area contributed by atoms with Crippen LogP contribution >= 0.6 is 0 Å². The molecule has 1 heterocycles. The highest BCUT2D eigenvalue weighted by Gasteiger charge is 2.38. The number of likely N-dealkylation sites (N-methyl/N-ethyl adjacent to an activating group) is 1. The van der Waals surface area contributed by atoms with Gasteiger partial charge in [-0.05, 0) is 26.0 Å². The van der Waals surface area contributed by atoms with Crippen LogP contribution in [0.25, 0.3) is 0 Å². The maximum absolute atomic E-state index is 11.8. The number of para-hydroxylation sites is 1. The monoisotopic (exact) mass is 204 g/mol. The molecule has 79 valence electrons. The summed E-state index contributed by atoms with van der Waals surface area (Å²) in [6.07, 6.45) is 0. The van der Waals surface area contributed by atoms with E-state index in [1.165, 1.54) is 0 Å². The van der Waals surface area contributed by atoms with Crippen molar-refractivity contribution in [3.8, 4) is 0 Å². The zero-order chi connectivity index (χ0) is 11.2. The molecule has 0 aliphatic carbocycles. The van der Waals surface area contributed by atoms with Crippen LogP contribution in [0.2, 0.25) is 0 Å². The molecule has 2 rings (SSSR count). The topological polar surface area (TPSA) is 56.1 Å². The Hall–Kier alpha value is -1.71. The molecule has 4 nitrogen and oxygen atoms in total. The summed E-state index contributed by atoms with van der Waals surface area (Å²) in [7, 11) is 1.84. The maximum Gasteiger partial charge on any atom is 0.249 e. The zero-order valence-electron chi connectivity index (χ0n) is 9.09. The molecule has 1 aromatic rings. The number of rotatable bonds is 0. The molecular weight excluding hydrogens is 190 g/mol. The van der Waals surface area contributed by atoms with E-state index in [-0.39, 0.29) is 5.91 Å². The van der Waals surface area contributed by atoms with E-state index < -0.39 is 5.54 Å². The van der Waals surface area contributed by atoms with Crippen molar-refractivity contribution in [2.24, 2.45) is 0 Å². The van der Waals surface area contributed by atoms with E-state index in [1.54, 1.807) is 12.1 Å². The van der Waals surface area contributed by atoms with Gasteiger partial charge in [-0.2, -0.15) is 0 Å². The Morgan fingerprint density at radius 1 is 1.40 bits per heavy atom. The Balaban J connectivity index is 2.62. The summed E-state index contributed by atoms with van der Waals surface area (Å²) in [6, 6.07) is 5.31. The average molecular weight is 204 g/mol. The third kappa shape index (κ3) is 1.25. The highest BCUT2D eigenvalue weighted by atomic mass is 16.2. The first-order valence-corrected chi connectivity index (χ1v) is 4.84. The molecule has 0 unspecified atom stereocenters. The number of nitrogens with zero attached hydrogens (tertiary/aromatic N) is 1. The number of amides is 1. The van der Waals surface area contributed by atoms with Crippen molar-refractivity contribution in [1.29, 1.82) is 0 Å². The van der Waals surface area contributed by atoms with E-state index in [1.807, 2.05) is 31.9 Å². The molecule has 1 radical (unpaired) electrons. The van der Waals surface area contributed by atoms with Gasteiger partial charge < -0.3 is 10.2 Å². The summed E-state index contributed by atoms with van der Waals surface area (Å²) in [6.45, 7) is 3.69. The standard InChI is InChI=1S/C11H14N3O/c1-11(2)10(15)13-8-6-4-5-7(12)9(8)14(11)3/h4-6,12H,1-3H3,(H,13,15). The van der Waals surface area contributed by atoms with Crippen molar-refractivity contribution in [3.63, 3.8) is 0 Å². The first kappa shape index (κ1) is 9.83. The summed E-state index contributed by atoms with van der Waals surface area (Å²) < 4.78 is 0. The van der Waals surface area contributed by atoms with Crippen molar-refractivity contribution in [2.45, 2.75) is 19.4 Å². The highest BCUT2D eigenvalue weighted by Crippen LogP contribution is 2.40. The van der Waals surface area contributed by atoms with Gasteiger partial charge in [-0.15, -0.1) is 0 Å². The van der Waals surface area contributed by atoms with Gasteiger partial charge in [0, 0.05) is 7.05 Å². The predicted octanol–water partition coefficient (Wildman–Crippen LogP) is 1.77. The molecule has 2 N–H and O–H groups in total. The van der Waals surface area contributed by atoms with Crippen LogP contribution in [0.1, 0.15) is 13.8 Å². The minimum Gasteiger partial charge on any atom is -0.357 e. The third-order valence-electron chi connectivity index (χ3n) is 3.01. The average Bonchev–Trinajstić information content (AvgIpc) is 2.15. The van der Waals surface area contributed by atoms with Gasteiger partial charge in [0.1, 0.15) is 5.54 Å². The number of fused-ring (bicyclic) bond motifs is 1. The number of benzene rings is 1. The van der Waals surface area contributed by atoms with Crippen LogP contribution in [0.15, 0.2) is 18.2 Å². The number of carbonyl (C=O) groups is 1. The van der Waals surface area contributed by atoms with Crippen LogP contribution in [-0.2, 0) is 4.79 Å². The van der Waals surface area contributed by atoms with E-state index in [2.05, 4.69) is 5.32 Å². The van der Waals surface area contributed by atoms with Crippen LogP contribution in [0.3, 0.4) is 0 Å². The van der Waals surface area contributed by atoms with Gasteiger partial charge in [-0.25, -0.2) is 0 Å². The zero-order valence-corrected chi connectivity index (χ0v) is 9.09. The minimum atomic E-state index is -0.607. The Morgan fingerprint density at radius 2 is 2.07 bits per heavy atom. The van der Waals surface area contributed by atoms with Crippen molar-refractivity contribution >= 4 is 23.0 Å². The Kier molecular flexibility index (Phi) is 1.89. The first-order chi connectivity index (χ1) is 6.94. The van der Waals surface area contributed by atoms with Gasteiger partial charge in [0.2, 0.25) is 5.91 Å².